The maximum absolute atomic E-state index is 8.67. The molecule has 3 nitrogen and oxygen atoms in total. The van der Waals surface area contributed by atoms with Crippen molar-refractivity contribution in [2.45, 2.75) is 0 Å². The van der Waals surface area contributed by atoms with Gasteiger partial charge in [-0.25, -0.2) is 0 Å². The number of quaternary nitrogens is 1. The van der Waals surface area contributed by atoms with E-state index in [9.17, 15) is 0 Å². The molecule has 11 heavy (non-hydrogen) atoms. The molecule has 0 aromatic heterocycles. The fourth-order valence-electron chi connectivity index (χ4n) is 0.300. The van der Waals surface area contributed by atoms with E-state index in [-0.39, 0.29) is 65.8 Å². The molecule has 0 aromatic carbocycles. The zero-order chi connectivity index (χ0) is 8.62. The summed E-state index contributed by atoms with van der Waals surface area (Å²) in [6.07, 6.45) is 0. The molecule has 0 radical (unpaired) electrons. The summed E-state index contributed by atoms with van der Waals surface area (Å²) in [6.45, 7) is 1.11. The molecule has 0 saturated heterocycles. The van der Waals surface area contributed by atoms with Crippen LogP contribution >= 0.6 is 19.1 Å². The molecular formula is C5H15ClKNO2P+. The summed E-state index contributed by atoms with van der Waals surface area (Å²) in [4.78, 5) is 0. The molecule has 6 heteroatoms. The zero-order valence-electron chi connectivity index (χ0n) is 6.54. The van der Waals surface area contributed by atoms with Gasteiger partial charge in [-0.1, -0.05) is 0 Å². The van der Waals surface area contributed by atoms with Crippen LogP contribution in [0.1, 0.15) is 0 Å². The minimum atomic E-state index is -0.361. The molecule has 0 aliphatic heterocycles. The quantitative estimate of drug-likeness (QED) is 0.422. The molecule has 0 spiro atoms. The van der Waals surface area contributed by atoms with Gasteiger partial charge in [0.05, 0.1) is 27.7 Å². The van der Waals surface area contributed by atoms with E-state index in [1.165, 1.54) is 0 Å². The van der Waals surface area contributed by atoms with Crippen molar-refractivity contribution in [2.24, 2.45) is 0 Å². The summed E-state index contributed by atoms with van der Waals surface area (Å²) in [5.41, 5.74) is 0. The molecule has 0 rings (SSSR count). The van der Waals surface area contributed by atoms with Crippen LogP contribution in [0.2, 0.25) is 0 Å². The van der Waals surface area contributed by atoms with E-state index < -0.39 is 0 Å². The fourth-order valence-corrected chi connectivity index (χ4v) is 0.300. The molecule has 64 valence electrons. The third-order valence-electron chi connectivity index (χ3n) is 0.771. The average molecular weight is 227 g/mol. The second-order valence-electron chi connectivity index (χ2n) is 2.81. The van der Waals surface area contributed by atoms with Gasteiger partial charge in [-0.15, -0.1) is 0 Å². The Morgan fingerprint density at radius 3 is 1.73 bits per heavy atom. The standard InChI is InChI=1S/C5H14NO.ClOP.K.H/c1-6(2,3)4-5-7;1-3-2;;/h7H,4-5H2,1-3H3;;;/q+1;;;. The van der Waals surface area contributed by atoms with Crippen molar-refractivity contribution in [1.29, 1.82) is 0 Å². The Balaban J connectivity index is -0.000000140. The Morgan fingerprint density at radius 2 is 1.73 bits per heavy atom. The number of likely N-dealkylation sites (N-methyl/N-ethyl adjacent to an activating group) is 1. The second kappa shape index (κ2) is 11.9. The van der Waals surface area contributed by atoms with E-state index in [0.29, 0.717) is 0 Å². The van der Waals surface area contributed by atoms with Crippen molar-refractivity contribution in [3.8, 4) is 0 Å². The van der Waals surface area contributed by atoms with Crippen LogP contribution in [0.5, 0.6) is 0 Å². The summed E-state index contributed by atoms with van der Waals surface area (Å²) in [6, 6.07) is 0. The van der Waals surface area contributed by atoms with Crippen LogP contribution < -0.4 is 0 Å². The predicted octanol–water partition coefficient (Wildman–Crippen LogP) is 0.468. The first-order chi connectivity index (χ1) is 4.47. The molecule has 0 bridgehead atoms. The molecule has 0 aliphatic rings. The summed E-state index contributed by atoms with van der Waals surface area (Å²) >= 11 is 4.42. The van der Waals surface area contributed by atoms with Gasteiger partial charge in [0.2, 0.25) is 0 Å². The number of halogens is 1. The van der Waals surface area contributed by atoms with E-state index in [4.69, 9.17) is 9.67 Å². The third-order valence-corrected chi connectivity index (χ3v) is 0.771. The summed E-state index contributed by atoms with van der Waals surface area (Å²) in [5, 5.41) is 8.39. The number of aliphatic hydroxyl groups is 1. The van der Waals surface area contributed by atoms with Gasteiger partial charge in [0.25, 0.3) is 7.81 Å². The first kappa shape index (κ1) is 18.7. The van der Waals surface area contributed by atoms with Crippen molar-refractivity contribution < 1.29 is 14.2 Å². The van der Waals surface area contributed by atoms with Crippen LogP contribution in [0, 0.1) is 0 Å². The van der Waals surface area contributed by atoms with E-state index >= 15 is 0 Å². The first-order valence-corrected chi connectivity index (χ1v) is 4.54. The van der Waals surface area contributed by atoms with Crippen LogP contribution in [0.15, 0.2) is 0 Å². The van der Waals surface area contributed by atoms with Crippen molar-refractivity contribution in [1.82, 2.24) is 0 Å². The van der Waals surface area contributed by atoms with Crippen molar-refractivity contribution in [2.75, 3.05) is 34.3 Å². The van der Waals surface area contributed by atoms with Gasteiger partial charge in [0, 0.05) is 0 Å². The van der Waals surface area contributed by atoms with Gasteiger partial charge in [0.1, 0.15) is 6.54 Å². The molecule has 0 unspecified atom stereocenters. The van der Waals surface area contributed by atoms with Gasteiger partial charge >= 0.3 is 51.4 Å². The van der Waals surface area contributed by atoms with Crippen LogP contribution in [-0.2, 0) is 4.57 Å². The van der Waals surface area contributed by atoms with Gasteiger partial charge in [-0.05, 0) is 11.2 Å². The molecule has 0 heterocycles. The van der Waals surface area contributed by atoms with E-state index in [0.717, 1.165) is 11.0 Å². The Hall–Kier alpha value is 1.95. The van der Waals surface area contributed by atoms with Crippen LogP contribution in [0.4, 0.5) is 0 Å². The van der Waals surface area contributed by atoms with Gasteiger partial charge in [0.15, 0.2) is 0 Å². The molecule has 0 atom stereocenters. The SMILES string of the molecule is C[N+](C)(C)CCO.O=PCl.[KH]. The van der Waals surface area contributed by atoms with Gasteiger partial charge in [-0.2, -0.15) is 0 Å². The van der Waals surface area contributed by atoms with Crippen molar-refractivity contribution in [3.63, 3.8) is 0 Å². The summed E-state index contributed by atoms with van der Waals surface area (Å²) in [7, 11) is 5.79. The van der Waals surface area contributed by atoms with Crippen LogP contribution in [0.25, 0.3) is 0 Å². The molecule has 1 N–H and O–H groups in total. The topological polar surface area (TPSA) is 37.3 Å². The molecular weight excluding hydrogens is 212 g/mol. The number of rotatable bonds is 2. The number of hydrogen-bond donors (Lipinski definition) is 1. The summed E-state index contributed by atoms with van der Waals surface area (Å²) < 4.78 is 9.51. The fraction of sp³-hybridized carbons (Fsp3) is 1.00. The second-order valence-corrected chi connectivity index (χ2v) is 3.36. The third kappa shape index (κ3) is 33.4. The van der Waals surface area contributed by atoms with Gasteiger partial charge < -0.3 is 9.59 Å². The average Bonchev–Trinajstić information content (AvgIpc) is 1.63. The van der Waals surface area contributed by atoms with Gasteiger partial charge in [-0.3, -0.25) is 4.57 Å². The maximum atomic E-state index is 8.67. The molecule has 0 fully saturated rings. The predicted molar refractivity (Wildman–Crippen MR) is 50.6 cm³/mol. The monoisotopic (exact) mass is 226 g/mol. The molecule has 0 aliphatic carbocycles. The Morgan fingerprint density at radius 1 is 1.45 bits per heavy atom. The van der Waals surface area contributed by atoms with E-state index in [2.05, 4.69) is 32.4 Å². The normalized spacial score (nSPS) is 9.55. The number of hydrogen-bond acceptors (Lipinski definition) is 2. The minimum absolute atomic E-state index is 0. The Labute approximate surface area is 117 Å². The Kier molecular flexibility index (Phi) is 20.3. The molecule has 0 amide bonds. The number of aliphatic hydroxyl groups excluding tert-OH is 1. The molecule has 0 aromatic rings. The Bertz CT molecular complexity index is 89.0. The van der Waals surface area contributed by atoms with Crippen molar-refractivity contribution in [3.05, 3.63) is 0 Å². The summed E-state index contributed by atoms with van der Waals surface area (Å²) in [5.74, 6) is 0. The van der Waals surface area contributed by atoms with E-state index in [1.54, 1.807) is 0 Å². The van der Waals surface area contributed by atoms with E-state index in [1.807, 2.05) is 0 Å². The number of nitrogens with zero attached hydrogens (tertiary/aromatic N) is 1. The zero-order valence-corrected chi connectivity index (χ0v) is 8.19. The first-order valence-electron chi connectivity index (χ1n) is 2.83. The molecule has 0 saturated carbocycles. The van der Waals surface area contributed by atoms with Crippen LogP contribution in [-0.4, -0.2) is 95.3 Å². The van der Waals surface area contributed by atoms with Crippen LogP contribution in [0.3, 0.4) is 0 Å². The van der Waals surface area contributed by atoms with Crippen molar-refractivity contribution >= 4 is 70.4 Å².